The number of ketones is 2. The van der Waals surface area contributed by atoms with E-state index in [1.54, 1.807) is 12.1 Å². The Bertz CT molecular complexity index is 772. The first-order chi connectivity index (χ1) is 10.6. The molecule has 0 aliphatic heterocycles. The lowest BCUT2D eigenvalue weighted by Crippen LogP contribution is -2.27. The first kappa shape index (κ1) is 14.3. The third kappa shape index (κ3) is 2.35. The van der Waals surface area contributed by atoms with E-state index >= 15 is 0 Å². The molecule has 0 aromatic heterocycles. The minimum absolute atomic E-state index is 0.0837. The molecule has 0 bridgehead atoms. The van der Waals surface area contributed by atoms with Crippen molar-refractivity contribution in [3.05, 3.63) is 76.9 Å². The second-order valence-corrected chi connectivity index (χ2v) is 5.47. The summed E-state index contributed by atoms with van der Waals surface area (Å²) < 4.78 is 0. The summed E-state index contributed by atoms with van der Waals surface area (Å²) >= 11 is 0. The lowest BCUT2D eigenvalue weighted by Gasteiger charge is -2.25. The number of aliphatic hydroxyl groups is 1. The van der Waals surface area contributed by atoms with E-state index in [1.807, 2.05) is 42.5 Å². The number of hydrogen-bond donors (Lipinski definition) is 1. The van der Waals surface area contributed by atoms with Crippen LogP contribution in [0.15, 0.2) is 60.2 Å². The third-order valence-electron chi connectivity index (χ3n) is 4.03. The highest BCUT2D eigenvalue weighted by atomic mass is 16.3. The standard InChI is InChI=1S/C19H16O3/c1-12(20)17-18(21)15-10-6-5-9-14(15)16(19(17)22)11-13-7-3-2-4-8-13/h2-10,16,21H,11H2,1H3. The second-order valence-electron chi connectivity index (χ2n) is 5.47. The monoisotopic (exact) mass is 292 g/mol. The lowest BCUT2D eigenvalue weighted by atomic mass is 9.77. The fraction of sp³-hybridized carbons (Fsp3) is 0.158. The predicted octanol–water partition coefficient (Wildman–Crippen LogP) is 3.45. The largest absolute Gasteiger partial charge is 0.506 e. The molecule has 3 nitrogen and oxygen atoms in total. The molecule has 1 aliphatic rings. The summed E-state index contributed by atoms with van der Waals surface area (Å²) in [5.41, 5.74) is 2.30. The molecule has 3 rings (SSSR count). The van der Waals surface area contributed by atoms with E-state index in [0.29, 0.717) is 12.0 Å². The summed E-state index contributed by atoms with van der Waals surface area (Å²) in [6.07, 6.45) is 0.515. The van der Waals surface area contributed by atoms with Gasteiger partial charge < -0.3 is 5.11 Å². The molecule has 3 heteroatoms. The molecule has 1 atom stereocenters. The van der Waals surface area contributed by atoms with Gasteiger partial charge >= 0.3 is 0 Å². The minimum atomic E-state index is -0.437. The maximum Gasteiger partial charge on any atom is 0.177 e. The van der Waals surface area contributed by atoms with Crippen molar-refractivity contribution in [3.8, 4) is 0 Å². The zero-order chi connectivity index (χ0) is 15.7. The summed E-state index contributed by atoms with van der Waals surface area (Å²) in [7, 11) is 0. The number of fused-ring (bicyclic) bond motifs is 1. The average molecular weight is 292 g/mol. The Morgan fingerprint density at radius 3 is 2.36 bits per heavy atom. The van der Waals surface area contributed by atoms with Crippen LogP contribution >= 0.6 is 0 Å². The van der Waals surface area contributed by atoms with Crippen molar-refractivity contribution in [2.24, 2.45) is 0 Å². The number of rotatable bonds is 3. The molecule has 1 unspecified atom stereocenters. The molecule has 0 radical (unpaired) electrons. The highest BCUT2D eigenvalue weighted by Gasteiger charge is 2.36. The topological polar surface area (TPSA) is 54.4 Å². The fourth-order valence-electron chi connectivity index (χ4n) is 2.98. The van der Waals surface area contributed by atoms with Gasteiger partial charge in [-0.1, -0.05) is 54.6 Å². The predicted molar refractivity (Wildman–Crippen MR) is 84.6 cm³/mol. The van der Waals surface area contributed by atoms with Crippen LogP contribution in [0.25, 0.3) is 5.76 Å². The molecule has 0 heterocycles. The van der Waals surface area contributed by atoms with Crippen molar-refractivity contribution in [2.75, 3.05) is 0 Å². The molecular formula is C19H16O3. The van der Waals surface area contributed by atoms with Gasteiger partial charge in [-0.05, 0) is 24.5 Å². The van der Waals surface area contributed by atoms with Crippen molar-refractivity contribution < 1.29 is 14.7 Å². The smallest absolute Gasteiger partial charge is 0.177 e. The summed E-state index contributed by atoms with van der Waals surface area (Å²) in [4.78, 5) is 24.5. The number of benzene rings is 2. The first-order valence-electron chi connectivity index (χ1n) is 7.21. The molecule has 22 heavy (non-hydrogen) atoms. The van der Waals surface area contributed by atoms with Crippen molar-refractivity contribution in [2.45, 2.75) is 19.3 Å². The number of carbonyl (C=O) groups excluding carboxylic acids is 2. The zero-order valence-electron chi connectivity index (χ0n) is 12.2. The maximum absolute atomic E-state index is 12.7. The Morgan fingerprint density at radius 1 is 1.05 bits per heavy atom. The molecule has 2 aromatic carbocycles. The first-order valence-corrected chi connectivity index (χ1v) is 7.21. The van der Waals surface area contributed by atoms with Gasteiger partial charge in [-0.2, -0.15) is 0 Å². The number of allylic oxidation sites excluding steroid dienone is 1. The fourth-order valence-corrected chi connectivity index (χ4v) is 2.98. The summed E-state index contributed by atoms with van der Waals surface area (Å²) in [5.74, 6) is -1.33. The third-order valence-corrected chi connectivity index (χ3v) is 4.03. The van der Waals surface area contributed by atoms with Crippen LogP contribution in [0.4, 0.5) is 0 Å². The Morgan fingerprint density at radius 2 is 1.68 bits per heavy atom. The van der Waals surface area contributed by atoms with Crippen molar-refractivity contribution >= 4 is 17.3 Å². The van der Waals surface area contributed by atoms with E-state index in [2.05, 4.69) is 0 Å². The summed E-state index contributed by atoms with van der Waals surface area (Å²) in [5, 5.41) is 10.3. The zero-order valence-corrected chi connectivity index (χ0v) is 12.2. The molecule has 110 valence electrons. The molecular weight excluding hydrogens is 276 g/mol. The molecule has 1 N–H and O–H groups in total. The molecule has 2 aromatic rings. The molecule has 0 saturated carbocycles. The lowest BCUT2D eigenvalue weighted by molar-refractivity contribution is -0.121. The molecule has 0 amide bonds. The molecule has 0 spiro atoms. The summed E-state index contributed by atoms with van der Waals surface area (Å²) in [6.45, 7) is 1.32. The number of hydrogen-bond acceptors (Lipinski definition) is 3. The van der Waals surface area contributed by atoms with Crippen LogP contribution in [-0.2, 0) is 16.0 Å². The van der Waals surface area contributed by atoms with Gasteiger partial charge in [0.05, 0.1) is 5.92 Å². The molecule has 0 saturated heterocycles. The number of Topliss-reactive ketones (excluding diaryl/α,β-unsaturated/α-hetero) is 2. The Balaban J connectivity index is 2.11. The van der Waals surface area contributed by atoms with Gasteiger partial charge in [0.15, 0.2) is 11.6 Å². The van der Waals surface area contributed by atoms with E-state index in [9.17, 15) is 14.7 Å². The Labute approximate surface area is 128 Å². The van der Waals surface area contributed by atoms with Gasteiger partial charge in [0, 0.05) is 5.56 Å². The molecule has 1 aliphatic carbocycles. The van der Waals surface area contributed by atoms with Crippen LogP contribution in [0.2, 0.25) is 0 Å². The van der Waals surface area contributed by atoms with Crippen LogP contribution in [0.3, 0.4) is 0 Å². The molecule has 0 fully saturated rings. The SMILES string of the molecule is CC(=O)C1=C(O)c2ccccc2C(Cc2ccccc2)C1=O. The van der Waals surface area contributed by atoms with E-state index < -0.39 is 11.7 Å². The van der Waals surface area contributed by atoms with E-state index in [-0.39, 0.29) is 17.1 Å². The minimum Gasteiger partial charge on any atom is -0.506 e. The highest BCUT2D eigenvalue weighted by Crippen LogP contribution is 2.37. The summed E-state index contributed by atoms with van der Waals surface area (Å²) in [6, 6.07) is 16.9. The van der Waals surface area contributed by atoms with Crippen molar-refractivity contribution in [1.29, 1.82) is 0 Å². The van der Waals surface area contributed by atoms with Gasteiger partial charge in [-0.15, -0.1) is 0 Å². The highest BCUT2D eigenvalue weighted by molar-refractivity contribution is 6.27. The Kier molecular flexibility index (Phi) is 3.63. The average Bonchev–Trinajstić information content (AvgIpc) is 2.52. The van der Waals surface area contributed by atoms with E-state index in [1.165, 1.54) is 6.92 Å². The maximum atomic E-state index is 12.7. The van der Waals surface area contributed by atoms with E-state index in [4.69, 9.17) is 0 Å². The van der Waals surface area contributed by atoms with Crippen LogP contribution < -0.4 is 0 Å². The Hall–Kier alpha value is -2.68. The second kappa shape index (κ2) is 5.60. The van der Waals surface area contributed by atoms with Gasteiger partial charge in [0.2, 0.25) is 0 Å². The quantitative estimate of drug-likeness (QED) is 0.881. The van der Waals surface area contributed by atoms with Crippen LogP contribution in [-0.4, -0.2) is 16.7 Å². The van der Waals surface area contributed by atoms with Crippen molar-refractivity contribution in [1.82, 2.24) is 0 Å². The van der Waals surface area contributed by atoms with Crippen molar-refractivity contribution in [3.63, 3.8) is 0 Å². The van der Waals surface area contributed by atoms with Crippen LogP contribution in [0.5, 0.6) is 0 Å². The number of carbonyl (C=O) groups is 2. The van der Waals surface area contributed by atoms with Gasteiger partial charge in [0.1, 0.15) is 11.3 Å². The van der Waals surface area contributed by atoms with Gasteiger partial charge in [-0.3, -0.25) is 9.59 Å². The number of aliphatic hydroxyl groups excluding tert-OH is 1. The van der Waals surface area contributed by atoms with E-state index in [0.717, 1.165) is 11.1 Å². The van der Waals surface area contributed by atoms with Crippen LogP contribution in [0.1, 0.15) is 29.5 Å². The van der Waals surface area contributed by atoms with Gasteiger partial charge in [0.25, 0.3) is 0 Å². The van der Waals surface area contributed by atoms with Gasteiger partial charge in [-0.25, -0.2) is 0 Å². The normalized spacial score (nSPS) is 17.3. The van der Waals surface area contributed by atoms with Crippen LogP contribution in [0, 0.1) is 0 Å².